The van der Waals surface area contributed by atoms with E-state index in [0.29, 0.717) is 25.7 Å². The summed E-state index contributed by atoms with van der Waals surface area (Å²) in [4.78, 5) is 11.5. The van der Waals surface area contributed by atoms with Gasteiger partial charge in [-0.1, -0.05) is 6.08 Å². The monoisotopic (exact) mass is 262 g/mol. The SMILES string of the molecule is C=CCOCCCC(=O)NC1CCCNC1.Cl. The zero-order chi connectivity index (χ0) is 11.6. The smallest absolute Gasteiger partial charge is 0.220 e. The number of rotatable bonds is 7. The lowest BCUT2D eigenvalue weighted by molar-refractivity contribution is -0.122. The summed E-state index contributed by atoms with van der Waals surface area (Å²) in [7, 11) is 0. The molecule has 0 bridgehead atoms. The second-order valence-electron chi connectivity index (χ2n) is 4.08. The first-order chi connectivity index (χ1) is 7.83. The van der Waals surface area contributed by atoms with Gasteiger partial charge in [-0.2, -0.15) is 0 Å². The molecule has 1 heterocycles. The molecule has 0 radical (unpaired) electrons. The van der Waals surface area contributed by atoms with Gasteiger partial charge in [-0.15, -0.1) is 19.0 Å². The maximum atomic E-state index is 11.5. The van der Waals surface area contributed by atoms with Crippen molar-refractivity contribution in [1.29, 1.82) is 0 Å². The van der Waals surface area contributed by atoms with Gasteiger partial charge in [-0.3, -0.25) is 4.79 Å². The Balaban J connectivity index is 0.00000256. The Labute approximate surface area is 110 Å². The number of amides is 1. The van der Waals surface area contributed by atoms with Gasteiger partial charge in [0, 0.05) is 25.6 Å². The lowest BCUT2D eigenvalue weighted by atomic mass is 10.1. The fraction of sp³-hybridized carbons (Fsp3) is 0.750. The van der Waals surface area contributed by atoms with E-state index in [4.69, 9.17) is 4.74 Å². The topological polar surface area (TPSA) is 50.4 Å². The Kier molecular flexibility index (Phi) is 10.2. The Hall–Kier alpha value is -0.580. The summed E-state index contributed by atoms with van der Waals surface area (Å²) in [6.07, 6.45) is 5.28. The van der Waals surface area contributed by atoms with Gasteiger partial charge in [0.25, 0.3) is 0 Å². The maximum Gasteiger partial charge on any atom is 0.220 e. The number of halogens is 1. The molecule has 0 aromatic heterocycles. The molecule has 1 aliphatic heterocycles. The predicted octanol–water partition coefficient (Wildman–Crippen LogP) is 1.26. The van der Waals surface area contributed by atoms with Gasteiger partial charge < -0.3 is 15.4 Å². The highest BCUT2D eigenvalue weighted by Gasteiger charge is 2.14. The van der Waals surface area contributed by atoms with Crippen LogP contribution in [0.4, 0.5) is 0 Å². The largest absolute Gasteiger partial charge is 0.377 e. The number of hydrogen-bond donors (Lipinski definition) is 2. The normalized spacial score (nSPS) is 19.2. The molecule has 5 heteroatoms. The number of ether oxygens (including phenoxy) is 1. The summed E-state index contributed by atoms with van der Waals surface area (Å²) in [5.41, 5.74) is 0. The zero-order valence-electron chi connectivity index (χ0n) is 10.2. The summed E-state index contributed by atoms with van der Waals surface area (Å²) in [5, 5.41) is 6.31. The van der Waals surface area contributed by atoms with E-state index >= 15 is 0 Å². The fourth-order valence-corrected chi connectivity index (χ4v) is 1.78. The molecule has 1 unspecified atom stereocenters. The van der Waals surface area contributed by atoms with Crippen LogP contribution in [0.5, 0.6) is 0 Å². The molecule has 1 rings (SSSR count). The van der Waals surface area contributed by atoms with Gasteiger partial charge in [0.05, 0.1) is 6.61 Å². The molecule has 0 aliphatic carbocycles. The highest BCUT2D eigenvalue weighted by atomic mass is 35.5. The molecule has 1 amide bonds. The summed E-state index contributed by atoms with van der Waals surface area (Å²) in [6, 6.07) is 0.315. The van der Waals surface area contributed by atoms with Crippen molar-refractivity contribution in [2.75, 3.05) is 26.3 Å². The van der Waals surface area contributed by atoms with Crippen molar-refractivity contribution >= 4 is 18.3 Å². The van der Waals surface area contributed by atoms with Crippen molar-refractivity contribution in [1.82, 2.24) is 10.6 Å². The molecule has 1 atom stereocenters. The number of piperidine rings is 1. The van der Waals surface area contributed by atoms with Crippen LogP contribution in [0, 0.1) is 0 Å². The van der Waals surface area contributed by atoms with Gasteiger partial charge in [-0.25, -0.2) is 0 Å². The Morgan fingerprint density at radius 3 is 3.06 bits per heavy atom. The fourth-order valence-electron chi connectivity index (χ4n) is 1.78. The highest BCUT2D eigenvalue weighted by molar-refractivity contribution is 5.85. The van der Waals surface area contributed by atoms with E-state index in [1.165, 1.54) is 0 Å². The minimum absolute atomic E-state index is 0. The third kappa shape index (κ3) is 8.18. The van der Waals surface area contributed by atoms with Crippen LogP contribution in [0.15, 0.2) is 12.7 Å². The molecule has 1 fully saturated rings. The molecule has 0 spiro atoms. The molecule has 0 aromatic carbocycles. The van der Waals surface area contributed by atoms with Gasteiger partial charge >= 0.3 is 0 Å². The van der Waals surface area contributed by atoms with E-state index in [-0.39, 0.29) is 18.3 Å². The standard InChI is InChI=1S/C12H22N2O2.ClH/c1-2-8-16-9-4-6-12(15)14-11-5-3-7-13-10-11;/h2,11,13H,1,3-10H2,(H,14,15);1H. The third-order valence-electron chi connectivity index (χ3n) is 2.59. The molecular formula is C12H23ClN2O2. The molecular weight excluding hydrogens is 240 g/mol. The first kappa shape index (κ1) is 16.4. The first-order valence-corrected chi connectivity index (χ1v) is 6.01. The average molecular weight is 263 g/mol. The van der Waals surface area contributed by atoms with E-state index in [2.05, 4.69) is 17.2 Å². The number of carbonyl (C=O) groups excluding carboxylic acids is 1. The molecule has 4 nitrogen and oxygen atoms in total. The summed E-state index contributed by atoms with van der Waals surface area (Å²) in [5.74, 6) is 0.135. The minimum Gasteiger partial charge on any atom is -0.377 e. The lowest BCUT2D eigenvalue weighted by Gasteiger charge is -2.23. The molecule has 1 saturated heterocycles. The van der Waals surface area contributed by atoms with Gasteiger partial charge in [0.1, 0.15) is 0 Å². The minimum atomic E-state index is 0. The Bertz CT molecular complexity index is 219. The number of nitrogens with one attached hydrogen (secondary N) is 2. The molecule has 0 saturated carbocycles. The van der Waals surface area contributed by atoms with Crippen LogP contribution in [-0.4, -0.2) is 38.3 Å². The van der Waals surface area contributed by atoms with Crippen LogP contribution < -0.4 is 10.6 Å². The first-order valence-electron chi connectivity index (χ1n) is 6.01. The predicted molar refractivity (Wildman–Crippen MR) is 71.5 cm³/mol. The summed E-state index contributed by atoms with van der Waals surface area (Å²) >= 11 is 0. The van der Waals surface area contributed by atoms with Crippen molar-refractivity contribution in [2.45, 2.75) is 31.7 Å². The van der Waals surface area contributed by atoms with Gasteiger partial charge in [0.2, 0.25) is 5.91 Å². The molecule has 0 aromatic rings. The van der Waals surface area contributed by atoms with Crippen LogP contribution in [-0.2, 0) is 9.53 Å². The van der Waals surface area contributed by atoms with Crippen molar-refractivity contribution in [3.63, 3.8) is 0 Å². The Morgan fingerprint density at radius 2 is 2.41 bits per heavy atom. The van der Waals surface area contributed by atoms with E-state index in [9.17, 15) is 4.79 Å². The average Bonchev–Trinajstić information content (AvgIpc) is 2.30. The van der Waals surface area contributed by atoms with E-state index in [0.717, 1.165) is 32.4 Å². The Morgan fingerprint density at radius 1 is 1.59 bits per heavy atom. The maximum absolute atomic E-state index is 11.5. The summed E-state index contributed by atoms with van der Waals surface area (Å²) in [6.45, 7) is 6.72. The number of carbonyl (C=O) groups is 1. The van der Waals surface area contributed by atoms with Crippen molar-refractivity contribution in [3.8, 4) is 0 Å². The number of hydrogen-bond acceptors (Lipinski definition) is 3. The quantitative estimate of drug-likeness (QED) is 0.537. The second-order valence-corrected chi connectivity index (χ2v) is 4.08. The van der Waals surface area contributed by atoms with Gasteiger partial charge in [-0.05, 0) is 25.8 Å². The zero-order valence-corrected chi connectivity index (χ0v) is 11.1. The van der Waals surface area contributed by atoms with E-state index < -0.39 is 0 Å². The molecule has 17 heavy (non-hydrogen) atoms. The molecule has 100 valence electrons. The van der Waals surface area contributed by atoms with Crippen molar-refractivity contribution in [3.05, 3.63) is 12.7 Å². The lowest BCUT2D eigenvalue weighted by Crippen LogP contribution is -2.45. The van der Waals surface area contributed by atoms with Gasteiger partial charge in [0.15, 0.2) is 0 Å². The summed E-state index contributed by atoms with van der Waals surface area (Å²) < 4.78 is 5.21. The van der Waals surface area contributed by atoms with Crippen molar-refractivity contribution in [2.24, 2.45) is 0 Å². The van der Waals surface area contributed by atoms with Crippen LogP contribution in [0.2, 0.25) is 0 Å². The molecule has 2 N–H and O–H groups in total. The van der Waals surface area contributed by atoms with Crippen LogP contribution in [0.25, 0.3) is 0 Å². The molecule has 1 aliphatic rings. The van der Waals surface area contributed by atoms with E-state index in [1.54, 1.807) is 6.08 Å². The van der Waals surface area contributed by atoms with Crippen LogP contribution >= 0.6 is 12.4 Å². The van der Waals surface area contributed by atoms with Crippen LogP contribution in [0.3, 0.4) is 0 Å². The van der Waals surface area contributed by atoms with Crippen LogP contribution in [0.1, 0.15) is 25.7 Å². The third-order valence-corrected chi connectivity index (χ3v) is 2.59. The van der Waals surface area contributed by atoms with Crippen molar-refractivity contribution < 1.29 is 9.53 Å². The van der Waals surface area contributed by atoms with E-state index in [1.807, 2.05) is 0 Å². The second kappa shape index (κ2) is 10.6. The highest BCUT2D eigenvalue weighted by Crippen LogP contribution is 2.02.